The van der Waals surface area contributed by atoms with Crippen molar-refractivity contribution in [1.82, 2.24) is 0 Å². The molecule has 1 aliphatic rings. The highest BCUT2D eigenvalue weighted by atomic mass is 16.5. The largest absolute Gasteiger partial charge is 0.388 e. The minimum atomic E-state index is -0.561. The molecule has 0 radical (unpaired) electrons. The zero-order valence-corrected chi connectivity index (χ0v) is 9.80. The molecule has 1 heterocycles. The van der Waals surface area contributed by atoms with Crippen LogP contribution in [0.5, 0.6) is 0 Å². The monoisotopic (exact) mass is 231 g/mol. The second kappa shape index (κ2) is 5.31. The van der Waals surface area contributed by atoms with Gasteiger partial charge in [0, 0.05) is 13.2 Å². The molecule has 90 valence electrons. The van der Waals surface area contributed by atoms with Gasteiger partial charge in [0.05, 0.1) is 17.6 Å². The molecular formula is C14H17NO2. The zero-order valence-electron chi connectivity index (χ0n) is 9.80. The molecule has 2 rings (SSSR count). The molecule has 1 unspecified atom stereocenters. The Morgan fingerprint density at radius 3 is 2.53 bits per heavy atom. The maximum atomic E-state index is 10.2. The number of nitriles is 1. The molecule has 1 aliphatic heterocycles. The first-order valence-electron chi connectivity index (χ1n) is 5.98. The number of aliphatic hydroxyl groups excluding tert-OH is 1. The number of nitrogens with zero attached hydrogens (tertiary/aromatic N) is 1. The molecule has 1 saturated heterocycles. The van der Waals surface area contributed by atoms with Gasteiger partial charge in [-0.1, -0.05) is 30.3 Å². The first-order valence-corrected chi connectivity index (χ1v) is 5.98. The van der Waals surface area contributed by atoms with E-state index in [0.29, 0.717) is 32.5 Å². The quantitative estimate of drug-likeness (QED) is 0.869. The van der Waals surface area contributed by atoms with Crippen molar-refractivity contribution < 1.29 is 9.84 Å². The van der Waals surface area contributed by atoms with Crippen LogP contribution in [0.25, 0.3) is 0 Å². The van der Waals surface area contributed by atoms with Crippen LogP contribution in [0.4, 0.5) is 0 Å². The van der Waals surface area contributed by atoms with E-state index < -0.39 is 11.5 Å². The van der Waals surface area contributed by atoms with E-state index in [1.54, 1.807) is 0 Å². The molecule has 1 fully saturated rings. The molecular weight excluding hydrogens is 214 g/mol. The SMILES string of the molecule is N#CC1(CC(O)c2ccccc2)CCOCC1. The Labute approximate surface area is 102 Å². The van der Waals surface area contributed by atoms with Gasteiger partial charge in [-0.15, -0.1) is 0 Å². The maximum absolute atomic E-state index is 10.2. The Balaban J connectivity index is 2.07. The van der Waals surface area contributed by atoms with Crippen molar-refractivity contribution in [3.63, 3.8) is 0 Å². The minimum absolute atomic E-state index is 0.423. The van der Waals surface area contributed by atoms with Crippen LogP contribution in [-0.2, 0) is 4.74 Å². The lowest BCUT2D eigenvalue weighted by molar-refractivity contribution is 0.0137. The molecule has 1 aromatic carbocycles. The van der Waals surface area contributed by atoms with Gasteiger partial charge in [-0.05, 0) is 24.8 Å². The van der Waals surface area contributed by atoms with Crippen molar-refractivity contribution in [2.45, 2.75) is 25.4 Å². The zero-order chi connectivity index (χ0) is 12.1. The second-order valence-corrected chi connectivity index (χ2v) is 4.64. The Morgan fingerprint density at radius 1 is 1.29 bits per heavy atom. The molecule has 1 N–H and O–H groups in total. The van der Waals surface area contributed by atoms with E-state index in [-0.39, 0.29) is 0 Å². The number of hydrogen-bond acceptors (Lipinski definition) is 3. The highest BCUT2D eigenvalue weighted by Crippen LogP contribution is 2.38. The van der Waals surface area contributed by atoms with E-state index in [4.69, 9.17) is 4.74 Å². The molecule has 17 heavy (non-hydrogen) atoms. The fourth-order valence-corrected chi connectivity index (χ4v) is 2.29. The van der Waals surface area contributed by atoms with Gasteiger partial charge in [0.1, 0.15) is 0 Å². The van der Waals surface area contributed by atoms with Gasteiger partial charge in [-0.2, -0.15) is 5.26 Å². The molecule has 0 aromatic heterocycles. The van der Waals surface area contributed by atoms with Crippen LogP contribution in [0.1, 0.15) is 30.9 Å². The fourth-order valence-electron chi connectivity index (χ4n) is 2.29. The molecule has 3 heteroatoms. The van der Waals surface area contributed by atoms with Gasteiger partial charge >= 0.3 is 0 Å². The van der Waals surface area contributed by atoms with Crippen molar-refractivity contribution in [3.05, 3.63) is 35.9 Å². The van der Waals surface area contributed by atoms with E-state index in [2.05, 4.69) is 6.07 Å². The number of aliphatic hydroxyl groups is 1. The van der Waals surface area contributed by atoms with E-state index in [9.17, 15) is 10.4 Å². The summed E-state index contributed by atoms with van der Waals surface area (Å²) in [6.07, 6.45) is 1.37. The summed E-state index contributed by atoms with van der Waals surface area (Å²) in [5.41, 5.74) is 0.460. The van der Waals surface area contributed by atoms with Gasteiger partial charge in [0.15, 0.2) is 0 Å². The minimum Gasteiger partial charge on any atom is -0.388 e. The summed E-state index contributed by atoms with van der Waals surface area (Å²) < 4.78 is 5.28. The molecule has 0 bridgehead atoms. The summed E-state index contributed by atoms with van der Waals surface area (Å²) in [4.78, 5) is 0. The Bertz CT molecular complexity index is 390. The third-order valence-corrected chi connectivity index (χ3v) is 3.46. The van der Waals surface area contributed by atoms with Gasteiger partial charge < -0.3 is 9.84 Å². The van der Waals surface area contributed by atoms with Crippen LogP contribution in [0.15, 0.2) is 30.3 Å². The van der Waals surface area contributed by atoms with Crippen molar-refractivity contribution >= 4 is 0 Å². The van der Waals surface area contributed by atoms with Crippen LogP contribution in [0.2, 0.25) is 0 Å². The van der Waals surface area contributed by atoms with Crippen LogP contribution in [-0.4, -0.2) is 18.3 Å². The molecule has 3 nitrogen and oxygen atoms in total. The summed E-state index contributed by atoms with van der Waals surface area (Å²) in [6, 6.07) is 11.9. The van der Waals surface area contributed by atoms with E-state index in [1.165, 1.54) is 0 Å². The number of ether oxygens (including phenoxy) is 1. The Morgan fingerprint density at radius 2 is 1.94 bits per heavy atom. The van der Waals surface area contributed by atoms with Crippen molar-refractivity contribution in [3.8, 4) is 6.07 Å². The average Bonchev–Trinajstić information content (AvgIpc) is 2.41. The Hall–Kier alpha value is -1.37. The predicted molar refractivity (Wildman–Crippen MR) is 64.1 cm³/mol. The highest BCUT2D eigenvalue weighted by Gasteiger charge is 2.35. The smallest absolute Gasteiger partial charge is 0.0805 e. The molecule has 0 spiro atoms. The fraction of sp³-hybridized carbons (Fsp3) is 0.500. The molecule has 0 saturated carbocycles. The predicted octanol–water partition coefficient (Wildman–Crippen LogP) is 2.43. The topological polar surface area (TPSA) is 53.2 Å². The average molecular weight is 231 g/mol. The third kappa shape index (κ3) is 2.85. The lowest BCUT2D eigenvalue weighted by Crippen LogP contribution is -2.30. The van der Waals surface area contributed by atoms with Gasteiger partial charge in [-0.3, -0.25) is 0 Å². The van der Waals surface area contributed by atoms with Gasteiger partial charge in [0.2, 0.25) is 0 Å². The van der Waals surface area contributed by atoms with Crippen molar-refractivity contribution in [1.29, 1.82) is 5.26 Å². The Kier molecular flexibility index (Phi) is 3.78. The third-order valence-electron chi connectivity index (χ3n) is 3.46. The molecule has 0 aliphatic carbocycles. The van der Waals surface area contributed by atoms with Crippen molar-refractivity contribution in [2.24, 2.45) is 5.41 Å². The first kappa shape index (κ1) is 12.1. The number of hydrogen-bond donors (Lipinski definition) is 1. The second-order valence-electron chi connectivity index (χ2n) is 4.64. The molecule has 0 amide bonds. The van der Waals surface area contributed by atoms with Crippen molar-refractivity contribution in [2.75, 3.05) is 13.2 Å². The highest BCUT2D eigenvalue weighted by molar-refractivity contribution is 5.18. The summed E-state index contributed by atoms with van der Waals surface area (Å²) in [6.45, 7) is 1.24. The van der Waals surface area contributed by atoms with Crippen LogP contribution >= 0.6 is 0 Å². The van der Waals surface area contributed by atoms with Gasteiger partial charge in [-0.25, -0.2) is 0 Å². The lowest BCUT2D eigenvalue weighted by atomic mass is 9.76. The summed E-state index contributed by atoms with van der Waals surface area (Å²) >= 11 is 0. The van der Waals surface area contributed by atoms with Crippen LogP contribution in [0.3, 0.4) is 0 Å². The van der Waals surface area contributed by atoms with E-state index in [1.807, 2.05) is 30.3 Å². The number of rotatable bonds is 3. The molecule has 1 atom stereocenters. The van der Waals surface area contributed by atoms with Gasteiger partial charge in [0.25, 0.3) is 0 Å². The van der Waals surface area contributed by atoms with Crippen LogP contribution < -0.4 is 0 Å². The van der Waals surface area contributed by atoms with E-state index in [0.717, 1.165) is 5.56 Å². The first-order chi connectivity index (χ1) is 8.26. The maximum Gasteiger partial charge on any atom is 0.0805 e. The number of benzene rings is 1. The normalized spacial score (nSPS) is 20.5. The van der Waals surface area contributed by atoms with Crippen LogP contribution in [0, 0.1) is 16.7 Å². The molecule has 1 aromatic rings. The standard InChI is InChI=1S/C14H17NO2/c15-11-14(6-8-17-9-7-14)10-13(16)12-4-2-1-3-5-12/h1-5,13,16H,6-10H2. The summed E-state index contributed by atoms with van der Waals surface area (Å²) in [7, 11) is 0. The summed E-state index contributed by atoms with van der Waals surface area (Å²) in [5.74, 6) is 0. The summed E-state index contributed by atoms with van der Waals surface area (Å²) in [5, 5.41) is 19.5. The lowest BCUT2D eigenvalue weighted by Gasteiger charge is -2.32. The van der Waals surface area contributed by atoms with E-state index >= 15 is 0 Å².